The summed E-state index contributed by atoms with van der Waals surface area (Å²) < 4.78 is 2.17. The van der Waals surface area contributed by atoms with Crippen molar-refractivity contribution in [3.63, 3.8) is 0 Å². The number of thioether (sulfide) groups is 1. The van der Waals surface area contributed by atoms with Gasteiger partial charge in [-0.1, -0.05) is 65.9 Å². The first-order valence-corrected chi connectivity index (χ1v) is 10.7. The van der Waals surface area contributed by atoms with Crippen LogP contribution in [0.4, 0.5) is 0 Å². The Morgan fingerprint density at radius 2 is 1.81 bits per heavy atom. The van der Waals surface area contributed by atoms with E-state index in [0.29, 0.717) is 0 Å². The maximum absolute atomic E-state index is 4.77. The van der Waals surface area contributed by atoms with Crippen molar-refractivity contribution in [3.8, 4) is 22.0 Å². The predicted molar refractivity (Wildman–Crippen MR) is 113 cm³/mol. The smallest absolute Gasteiger partial charge is 0.191 e. The molecule has 0 amide bonds. The first kappa shape index (κ1) is 17.9. The second-order valence-corrected chi connectivity index (χ2v) is 8.02. The summed E-state index contributed by atoms with van der Waals surface area (Å²) in [6.07, 6.45) is 0. The Hall–Kier alpha value is -2.44. The highest BCUT2D eigenvalue weighted by atomic mass is 32.2. The summed E-state index contributed by atoms with van der Waals surface area (Å²) in [5.74, 6) is 1.71. The molecule has 4 rings (SSSR count). The minimum Gasteiger partial charge on any atom is -0.302 e. The Labute approximate surface area is 167 Å². The maximum Gasteiger partial charge on any atom is 0.191 e. The molecule has 2 aromatic heterocycles. The minimum absolute atomic E-state index is 0.787. The number of hydrogen-bond acceptors (Lipinski definition) is 5. The van der Waals surface area contributed by atoms with Gasteiger partial charge in [0.05, 0.1) is 5.69 Å². The van der Waals surface area contributed by atoms with Gasteiger partial charge in [-0.2, -0.15) is 0 Å². The van der Waals surface area contributed by atoms with Gasteiger partial charge in [0.15, 0.2) is 11.0 Å². The Morgan fingerprint density at radius 1 is 1.00 bits per heavy atom. The van der Waals surface area contributed by atoms with Crippen molar-refractivity contribution in [2.24, 2.45) is 0 Å². The molecule has 0 bridgehead atoms. The Balaban J connectivity index is 1.52. The Kier molecular flexibility index (Phi) is 5.36. The quantitative estimate of drug-likeness (QED) is 0.395. The van der Waals surface area contributed by atoms with Crippen LogP contribution >= 0.6 is 23.1 Å². The molecule has 0 radical (unpaired) electrons. The first-order valence-electron chi connectivity index (χ1n) is 8.87. The topological polar surface area (TPSA) is 43.6 Å². The van der Waals surface area contributed by atoms with Gasteiger partial charge in [-0.05, 0) is 19.9 Å². The van der Waals surface area contributed by atoms with Crippen LogP contribution in [0.3, 0.4) is 0 Å². The van der Waals surface area contributed by atoms with Crippen molar-refractivity contribution in [1.82, 2.24) is 19.7 Å². The van der Waals surface area contributed by atoms with E-state index in [1.165, 1.54) is 5.56 Å². The van der Waals surface area contributed by atoms with Gasteiger partial charge in [-0.15, -0.1) is 21.5 Å². The summed E-state index contributed by atoms with van der Waals surface area (Å²) >= 11 is 3.37. The summed E-state index contributed by atoms with van der Waals surface area (Å²) in [5.41, 5.74) is 4.57. The largest absolute Gasteiger partial charge is 0.302 e. The van der Waals surface area contributed by atoms with Crippen LogP contribution in [0.15, 0.2) is 65.1 Å². The number of aryl methyl sites for hydroxylation is 1. The average molecular weight is 393 g/mol. The van der Waals surface area contributed by atoms with Crippen LogP contribution in [0.5, 0.6) is 0 Å². The molecule has 0 saturated carbocycles. The number of thiazole rings is 1. The van der Waals surface area contributed by atoms with E-state index in [1.54, 1.807) is 23.1 Å². The van der Waals surface area contributed by atoms with Crippen LogP contribution < -0.4 is 0 Å². The third-order valence-electron chi connectivity index (χ3n) is 4.23. The second kappa shape index (κ2) is 8.06. The van der Waals surface area contributed by atoms with E-state index in [0.717, 1.165) is 45.1 Å². The van der Waals surface area contributed by atoms with E-state index in [4.69, 9.17) is 4.98 Å². The molecular weight excluding hydrogens is 372 g/mol. The van der Waals surface area contributed by atoms with E-state index in [2.05, 4.69) is 70.4 Å². The lowest BCUT2D eigenvalue weighted by atomic mass is 10.1. The molecular formula is C21H20N4S2. The molecule has 0 spiro atoms. The molecule has 6 heteroatoms. The molecule has 0 aliphatic carbocycles. The van der Waals surface area contributed by atoms with Gasteiger partial charge in [0, 0.05) is 28.8 Å². The highest BCUT2D eigenvalue weighted by Gasteiger charge is 2.14. The second-order valence-electron chi connectivity index (χ2n) is 6.22. The number of benzene rings is 2. The molecule has 0 fully saturated rings. The molecule has 0 aliphatic rings. The maximum atomic E-state index is 4.77. The van der Waals surface area contributed by atoms with E-state index >= 15 is 0 Å². The molecule has 2 heterocycles. The average Bonchev–Trinajstić information content (AvgIpc) is 3.34. The molecule has 0 N–H and O–H groups in total. The zero-order chi connectivity index (χ0) is 18.6. The number of nitrogens with zero attached hydrogens (tertiary/aromatic N) is 4. The highest BCUT2D eigenvalue weighted by Crippen LogP contribution is 2.29. The first-order chi connectivity index (χ1) is 13.2. The molecule has 0 aliphatic heterocycles. The van der Waals surface area contributed by atoms with Gasteiger partial charge in [0.1, 0.15) is 5.01 Å². The lowest BCUT2D eigenvalue weighted by Gasteiger charge is -2.07. The molecule has 0 saturated heterocycles. The van der Waals surface area contributed by atoms with Crippen LogP contribution in [-0.4, -0.2) is 19.7 Å². The van der Waals surface area contributed by atoms with E-state index < -0.39 is 0 Å². The summed E-state index contributed by atoms with van der Waals surface area (Å²) in [7, 11) is 0. The van der Waals surface area contributed by atoms with Crippen LogP contribution in [0.25, 0.3) is 22.0 Å². The fraction of sp³-hybridized carbons (Fsp3) is 0.190. The number of aromatic nitrogens is 4. The molecule has 0 atom stereocenters. The lowest BCUT2D eigenvalue weighted by molar-refractivity contribution is 0.687. The lowest BCUT2D eigenvalue weighted by Crippen LogP contribution is -2.00. The normalized spacial score (nSPS) is 11.0. The third-order valence-corrected chi connectivity index (χ3v) is 6.17. The molecule has 0 unspecified atom stereocenters. The fourth-order valence-corrected chi connectivity index (χ4v) is 4.73. The highest BCUT2D eigenvalue weighted by molar-refractivity contribution is 7.98. The van der Waals surface area contributed by atoms with Crippen molar-refractivity contribution in [3.05, 3.63) is 71.2 Å². The molecule has 4 aromatic rings. The van der Waals surface area contributed by atoms with Crippen LogP contribution in [0.2, 0.25) is 0 Å². The summed E-state index contributed by atoms with van der Waals surface area (Å²) in [6.45, 7) is 5.06. The number of hydrogen-bond donors (Lipinski definition) is 0. The van der Waals surface area contributed by atoms with Gasteiger partial charge < -0.3 is 4.57 Å². The van der Waals surface area contributed by atoms with Gasteiger partial charge >= 0.3 is 0 Å². The molecule has 27 heavy (non-hydrogen) atoms. The summed E-state index contributed by atoms with van der Waals surface area (Å²) in [4.78, 5) is 4.77. The zero-order valence-electron chi connectivity index (χ0n) is 15.3. The summed E-state index contributed by atoms with van der Waals surface area (Å²) in [5, 5.41) is 13.0. The summed E-state index contributed by atoms with van der Waals surface area (Å²) in [6, 6.07) is 18.7. The molecule has 136 valence electrons. The fourth-order valence-electron chi connectivity index (χ4n) is 2.90. The Morgan fingerprint density at radius 3 is 2.59 bits per heavy atom. The number of rotatable bonds is 6. The van der Waals surface area contributed by atoms with Crippen LogP contribution in [-0.2, 0) is 12.3 Å². The van der Waals surface area contributed by atoms with E-state index in [-0.39, 0.29) is 0 Å². The van der Waals surface area contributed by atoms with Crippen molar-refractivity contribution in [2.45, 2.75) is 31.3 Å². The minimum atomic E-state index is 0.787. The third kappa shape index (κ3) is 3.96. The van der Waals surface area contributed by atoms with Gasteiger partial charge in [0.25, 0.3) is 0 Å². The van der Waals surface area contributed by atoms with E-state index in [9.17, 15) is 0 Å². The van der Waals surface area contributed by atoms with Gasteiger partial charge in [0.2, 0.25) is 0 Å². The monoisotopic (exact) mass is 392 g/mol. The zero-order valence-corrected chi connectivity index (χ0v) is 16.9. The standard InChI is InChI=1S/C21H20N4S2/c1-3-25-19(17-11-7-8-15(2)12-17)23-24-21(25)27-14-18-13-26-20(22-18)16-9-5-4-6-10-16/h4-13H,3,14H2,1-2H3. The molecule has 4 nitrogen and oxygen atoms in total. The van der Waals surface area contributed by atoms with Gasteiger partial charge in [-0.25, -0.2) is 4.98 Å². The molecule has 2 aromatic carbocycles. The van der Waals surface area contributed by atoms with Crippen molar-refractivity contribution in [1.29, 1.82) is 0 Å². The van der Waals surface area contributed by atoms with Gasteiger partial charge in [-0.3, -0.25) is 0 Å². The predicted octanol–water partition coefficient (Wildman–Crippen LogP) is 5.69. The van der Waals surface area contributed by atoms with E-state index in [1.807, 2.05) is 18.2 Å². The van der Waals surface area contributed by atoms with Crippen molar-refractivity contribution in [2.75, 3.05) is 0 Å². The SMILES string of the molecule is CCn1c(SCc2csc(-c3ccccc3)n2)nnc1-c1cccc(C)c1. The van der Waals surface area contributed by atoms with Crippen molar-refractivity contribution >= 4 is 23.1 Å². The Bertz CT molecular complexity index is 1040. The van der Waals surface area contributed by atoms with Crippen LogP contribution in [0, 0.1) is 6.92 Å². The van der Waals surface area contributed by atoms with Crippen LogP contribution in [0.1, 0.15) is 18.2 Å². The van der Waals surface area contributed by atoms with Crippen molar-refractivity contribution < 1.29 is 0 Å².